The molecule has 0 aliphatic rings. The maximum Gasteiger partial charge on any atom is 0.416 e. The van der Waals surface area contributed by atoms with E-state index < -0.39 is 23.5 Å². The first-order valence-electron chi connectivity index (χ1n) is 4.69. The highest BCUT2D eigenvalue weighted by molar-refractivity contribution is 5.88. The van der Waals surface area contributed by atoms with Crippen LogP contribution >= 0.6 is 0 Å². The fourth-order valence-corrected chi connectivity index (χ4v) is 1.25. The number of benzene rings is 1. The van der Waals surface area contributed by atoms with Crippen molar-refractivity contribution in [2.24, 2.45) is 5.73 Å². The summed E-state index contributed by atoms with van der Waals surface area (Å²) >= 11 is 0. The Kier molecular flexibility index (Phi) is 2.77. The van der Waals surface area contributed by atoms with Crippen LogP contribution in [0, 0.1) is 0 Å². The SMILES string of the molecule is NC(=O)c1nc(-c2ccc(C(F)(F)F)cc2)no1. The minimum absolute atomic E-state index is 0.00229. The molecule has 8 heteroatoms. The molecule has 0 unspecified atom stereocenters. The molecular weight excluding hydrogens is 251 g/mol. The standard InChI is InChI=1S/C10H6F3N3O2/c11-10(12,13)6-3-1-5(2-4-6)8-15-9(7(14)17)18-16-8/h1-4H,(H2,14,17). The van der Waals surface area contributed by atoms with Crippen molar-refractivity contribution in [2.45, 2.75) is 6.18 Å². The molecule has 1 amide bonds. The molecule has 94 valence electrons. The normalized spacial score (nSPS) is 11.5. The van der Waals surface area contributed by atoms with Crippen LogP contribution in [0.5, 0.6) is 0 Å². The topological polar surface area (TPSA) is 82.0 Å². The molecule has 1 aromatic carbocycles. The van der Waals surface area contributed by atoms with Crippen LogP contribution in [0.2, 0.25) is 0 Å². The minimum atomic E-state index is -4.41. The Hall–Kier alpha value is -2.38. The summed E-state index contributed by atoms with van der Waals surface area (Å²) in [5, 5.41) is 3.43. The molecule has 0 bridgehead atoms. The van der Waals surface area contributed by atoms with E-state index >= 15 is 0 Å². The number of primary amides is 1. The van der Waals surface area contributed by atoms with Crippen LogP contribution in [0.4, 0.5) is 13.2 Å². The first-order valence-corrected chi connectivity index (χ1v) is 4.69. The van der Waals surface area contributed by atoms with Crippen molar-refractivity contribution >= 4 is 5.91 Å². The Labute approximate surface area is 98.4 Å². The average molecular weight is 257 g/mol. The molecule has 1 aromatic heterocycles. The van der Waals surface area contributed by atoms with E-state index in [1.54, 1.807) is 0 Å². The van der Waals surface area contributed by atoms with Crippen molar-refractivity contribution < 1.29 is 22.5 Å². The van der Waals surface area contributed by atoms with E-state index in [9.17, 15) is 18.0 Å². The van der Waals surface area contributed by atoms with E-state index in [4.69, 9.17) is 5.73 Å². The van der Waals surface area contributed by atoms with Gasteiger partial charge < -0.3 is 10.3 Å². The van der Waals surface area contributed by atoms with Gasteiger partial charge in [0.1, 0.15) is 0 Å². The predicted molar refractivity (Wildman–Crippen MR) is 53.3 cm³/mol. The molecular formula is C10H6F3N3O2. The summed E-state index contributed by atoms with van der Waals surface area (Å²) in [5.74, 6) is -1.30. The summed E-state index contributed by atoms with van der Waals surface area (Å²) in [6, 6.07) is 4.13. The third-order valence-electron chi connectivity index (χ3n) is 2.11. The smallest absolute Gasteiger partial charge is 0.361 e. The molecule has 0 spiro atoms. The number of hydrogen-bond donors (Lipinski definition) is 1. The summed E-state index contributed by atoms with van der Waals surface area (Å²) < 4.78 is 41.5. The zero-order valence-electron chi connectivity index (χ0n) is 8.73. The van der Waals surface area contributed by atoms with E-state index in [-0.39, 0.29) is 5.82 Å². The van der Waals surface area contributed by atoms with E-state index in [1.165, 1.54) is 12.1 Å². The predicted octanol–water partition coefficient (Wildman–Crippen LogP) is 1.85. The summed E-state index contributed by atoms with van der Waals surface area (Å²) in [4.78, 5) is 14.3. The van der Waals surface area contributed by atoms with Crippen molar-refractivity contribution in [3.05, 3.63) is 35.7 Å². The van der Waals surface area contributed by atoms with Crippen LogP contribution in [-0.4, -0.2) is 16.0 Å². The van der Waals surface area contributed by atoms with Gasteiger partial charge in [-0.15, -0.1) is 0 Å². The Morgan fingerprint density at radius 1 is 1.22 bits per heavy atom. The van der Waals surface area contributed by atoms with Gasteiger partial charge in [-0.2, -0.15) is 18.2 Å². The van der Waals surface area contributed by atoms with E-state index in [0.29, 0.717) is 5.56 Å². The van der Waals surface area contributed by atoms with E-state index in [2.05, 4.69) is 14.7 Å². The van der Waals surface area contributed by atoms with Gasteiger partial charge in [0.2, 0.25) is 5.82 Å². The Morgan fingerprint density at radius 3 is 2.28 bits per heavy atom. The van der Waals surface area contributed by atoms with Crippen LogP contribution in [0.25, 0.3) is 11.4 Å². The van der Waals surface area contributed by atoms with Crippen molar-refractivity contribution in [2.75, 3.05) is 0 Å². The molecule has 0 aliphatic carbocycles. The van der Waals surface area contributed by atoms with Crippen LogP contribution in [0.15, 0.2) is 28.8 Å². The van der Waals surface area contributed by atoms with Gasteiger partial charge in [0.05, 0.1) is 5.56 Å². The highest BCUT2D eigenvalue weighted by atomic mass is 19.4. The largest absolute Gasteiger partial charge is 0.416 e. The number of rotatable bonds is 2. The maximum absolute atomic E-state index is 12.3. The fourth-order valence-electron chi connectivity index (χ4n) is 1.25. The van der Waals surface area contributed by atoms with Gasteiger partial charge in [-0.25, -0.2) is 0 Å². The van der Waals surface area contributed by atoms with Crippen molar-refractivity contribution in [3.8, 4) is 11.4 Å². The molecule has 2 aromatic rings. The molecule has 2 N–H and O–H groups in total. The zero-order valence-corrected chi connectivity index (χ0v) is 8.73. The van der Waals surface area contributed by atoms with E-state index in [1.807, 2.05) is 0 Å². The molecule has 5 nitrogen and oxygen atoms in total. The van der Waals surface area contributed by atoms with Crippen molar-refractivity contribution in [1.82, 2.24) is 10.1 Å². The lowest BCUT2D eigenvalue weighted by Gasteiger charge is -2.05. The molecule has 0 atom stereocenters. The molecule has 0 saturated heterocycles. The van der Waals surface area contributed by atoms with Gasteiger partial charge in [-0.3, -0.25) is 4.79 Å². The zero-order chi connectivity index (χ0) is 13.3. The second-order valence-electron chi connectivity index (χ2n) is 3.36. The Balaban J connectivity index is 2.31. The summed E-state index contributed by atoms with van der Waals surface area (Å²) in [6.45, 7) is 0. The second-order valence-corrected chi connectivity index (χ2v) is 3.36. The Morgan fingerprint density at radius 2 is 1.83 bits per heavy atom. The second kappa shape index (κ2) is 4.13. The Bertz CT molecular complexity index is 575. The number of aromatic nitrogens is 2. The van der Waals surface area contributed by atoms with Crippen LogP contribution < -0.4 is 5.73 Å². The summed E-state index contributed by atoms with van der Waals surface area (Å²) in [7, 11) is 0. The van der Waals surface area contributed by atoms with Gasteiger partial charge in [-0.05, 0) is 12.1 Å². The third kappa shape index (κ3) is 2.31. The van der Waals surface area contributed by atoms with E-state index in [0.717, 1.165) is 12.1 Å². The molecule has 2 rings (SSSR count). The molecule has 0 radical (unpaired) electrons. The molecule has 0 saturated carbocycles. The van der Waals surface area contributed by atoms with Gasteiger partial charge in [0.25, 0.3) is 0 Å². The number of hydrogen-bond acceptors (Lipinski definition) is 4. The number of amides is 1. The number of alkyl halides is 3. The van der Waals surface area contributed by atoms with Gasteiger partial charge in [0, 0.05) is 5.56 Å². The van der Waals surface area contributed by atoms with Crippen LogP contribution in [0.1, 0.15) is 16.2 Å². The maximum atomic E-state index is 12.3. The highest BCUT2D eigenvalue weighted by Gasteiger charge is 2.30. The molecule has 0 aliphatic heterocycles. The summed E-state index contributed by atoms with van der Waals surface area (Å²) in [6.07, 6.45) is -4.41. The fraction of sp³-hybridized carbons (Fsp3) is 0.100. The first-order chi connectivity index (χ1) is 8.38. The number of halogens is 3. The molecule has 1 heterocycles. The lowest BCUT2D eigenvalue weighted by molar-refractivity contribution is -0.137. The molecule has 0 fully saturated rings. The monoisotopic (exact) mass is 257 g/mol. The van der Waals surface area contributed by atoms with Crippen LogP contribution in [-0.2, 0) is 6.18 Å². The van der Waals surface area contributed by atoms with Gasteiger partial charge in [-0.1, -0.05) is 17.3 Å². The third-order valence-corrected chi connectivity index (χ3v) is 2.11. The van der Waals surface area contributed by atoms with Crippen molar-refractivity contribution in [3.63, 3.8) is 0 Å². The number of nitrogens with zero attached hydrogens (tertiary/aromatic N) is 2. The van der Waals surface area contributed by atoms with Crippen molar-refractivity contribution in [1.29, 1.82) is 0 Å². The lowest BCUT2D eigenvalue weighted by atomic mass is 10.1. The number of carbonyl (C=O) groups excluding carboxylic acids is 1. The lowest BCUT2D eigenvalue weighted by Crippen LogP contribution is -2.11. The highest BCUT2D eigenvalue weighted by Crippen LogP contribution is 2.30. The minimum Gasteiger partial charge on any atom is -0.361 e. The quantitative estimate of drug-likeness (QED) is 0.890. The molecule has 18 heavy (non-hydrogen) atoms. The first kappa shape index (κ1) is 12.1. The van der Waals surface area contributed by atoms with Gasteiger partial charge in [0.15, 0.2) is 0 Å². The number of nitrogens with two attached hydrogens (primary N) is 1. The van der Waals surface area contributed by atoms with Crippen LogP contribution in [0.3, 0.4) is 0 Å². The van der Waals surface area contributed by atoms with Gasteiger partial charge >= 0.3 is 18.0 Å². The summed E-state index contributed by atoms with van der Waals surface area (Å²) in [5.41, 5.74) is 4.41. The average Bonchev–Trinajstić information content (AvgIpc) is 2.77. The number of carbonyl (C=O) groups is 1.